The molecule has 184 valence electrons. The van der Waals surface area contributed by atoms with Crippen molar-refractivity contribution in [3.05, 3.63) is 0 Å². The Balaban J connectivity index is 4.64. The summed E-state index contributed by atoms with van der Waals surface area (Å²) in [6.45, 7) is 17.3. The van der Waals surface area contributed by atoms with Crippen LogP contribution in [-0.4, -0.2) is 43.9 Å². The van der Waals surface area contributed by atoms with Crippen molar-refractivity contribution in [1.29, 1.82) is 0 Å². The molecule has 0 aliphatic heterocycles. The Morgan fingerprint density at radius 3 is 1.65 bits per heavy atom. The topological polar surface area (TPSA) is 107 Å². The first-order valence-electron chi connectivity index (χ1n) is 11.2. The van der Waals surface area contributed by atoms with E-state index in [9.17, 15) is 18.0 Å². The van der Waals surface area contributed by atoms with E-state index < -0.39 is 40.1 Å². The van der Waals surface area contributed by atoms with Crippen molar-refractivity contribution < 1.29 is 32.0 Å². The maximum atomic E-state index is 12.4. The Kier molecular flexibility index (Phi) is 12.3. The fraction of sp³-hybridized carbons (Fsp3) is 0.913. The lowest BCUT2D eigenvalue weighted by Gasteiger charge is -2.23. The van der Waals surface area contributed by atoms with Crippen molar-refractivity contribution in [2.75, 3.05) is 19.0 Å². The summed E-state index contributed by atoms with van der Waals surface area (Å²) in [5.74, 6) is -2.94. The van der Waals surface area contributed by atoms with Crippen LogP contribution in [0.2, 0.25) is 0 Å². The molecule has 1 N–H and O–H groups in total. The minimum absolute atomic E-state index is 0.136. The monoisotopic (exact) mass is 464 g/mol. The second kappa shape index (κ2) is 12.8. The Morgan fingerprint density at radius 2 is 1.26 bits per heavy atom. The third-order valence-electron chi connectivity index (χ3n) is 4.81. The molecule has 0 fully saturated rings. The molecule has 0 saturated heterocycles. The number of hydrogen-bond acceptors (Lipinski definition) is 6. The van der Waals surface area contributed by atoms with E-state index >= 15 is 0 Å². The highest BCUT2D eigenvalue weighted by Crippen LogP contribution is 2.27. The minimum atomic E-state index is -4.44. The smallest absolute Gasteiger partial charge is 0.310 e. The van der Waals surface area contributed by atoms with Gasteiger partial charge < -0.3 is 9.47 Å². The van der Waals surface area contributed by atoms with E-state index in [-0.39, 0.29) is 24.0 Å². The fourth-order valence-corrected chi connectivity index (χ4v) is 4.63. The molecule has 0 rings (SSSR count). The van der Waals surface area contributed by atoms with Crippen LogP contribution >= 0.6 is 0 Å². The molecule has 3 atom stereocenters. The number of carbonyl (C=O) groups is 2. The summed E-state index contributed by atoms with van der Waals surface area (Å²) < 4.78 is 42.2. The van der Waals surface area contributed by atoms with Crippen LogP contribution in [-0.2, 0) is 29.2 Å². The van der Waals surface area contributed by atoms with Gasteiger partial charge >= 0.3 is 11.9 Å². The van der Waals surface area contributed by atoms with Crippen LogP contribution in [0.3, 0.4) is 0 Å². The van der Waals surface area contributed by atoms with E-state index in [1.54, 1.807) is 0 Å². The van der Waals surface area contributed by atoms with Gasteiger partial charge in [-0.2, -0.15) is 8.42 Å². The van der Waals surface area contributed by atoms with Gasteiger partial charge in [-0.25, -0.2) is 0 Å². The second-order valence-corrected chi connectivity index (χ2v) is 12.9. The third-order valence-corrected chi connectivity index (χ3v) is 5.63. The van der Waals surface area contributed by atoms with Crippen LogP contribution in [0.5, 0.6) is 0 Å². The number of ether oxygens (including phenoxy) is 2. The van der Waals surface area contributed by atoms with Crippen LogP contribution in [0.1, 0.15) is 87.5 Å². The molecule has 0 radical (unpaired) electrons. The zero-order valence-corrected chi connectivity index (χ0v) is 21.5. The van der Waals surface area contributed by atoms with Crippen molar-refractivity contribution >= 4 is 22.1 Å². The van der Waals surface area contributed by atoms with Crippen molar-refractivity contribution in [3.63, 3.8) is 0 Å². The van der Waals surface area contributed by atoms with Crippen molar-refractivity contribution in [3.8, 4) is 0 Å². The number of rotatable bonds is 13. The summed E-state index contributed by atoms with van der Waals surface area (Å²) in [6, 6.07) is 0. The summed E-state index contributed by atoms with van der Waals surface area (Å²) >= 11 is 0. The molecule has 31 heavy (non-hydrogen) atoms. The zero-order chi connectivity index (χ0) is 24.5. The number of hydrogen-bond donors (Lipinski definition) is 1. The average Bonchev–Trinajstić information content (AvgIpc) is 2.49. The van der Waals surface area contributed by atoms with Gasteiger partial charge in [0.15, 0.2) is 0 Å². The van der Waals surface area contributed by atoms with E-state index in [2.05, 4.69) is 55.4 Å². The maximum absolute atomic E-state index is 12.4. The van der Waals surface area contributed by atoms with Gasteiger partial charge in [0.05, 0.1) is 31.3 Å². The molecular formula is C23H44O7S. The molecule has 0 aromatic heterocycles. The average molecular weight is 465 g/mol. The van der Waals surface area contributed by atoms with Crippen LogP contribution in [0.4, 0.5) is 0 Å². The van der Waals surface area contributed by atoms with E-state index in [0.717, 1.165) is 12.8 Å². The summed E-state index contributed by atoms with van der Waals surface area (Å²) in [7, 11) is -4.44. The van der Waals surface area contributed by atoms with Crippen molar-refractivity contribution in [1.82, 2.24) is 0 Å². The Hall–Kier alpha value is -1.15. The Bertz CT molecular complexity index is 656. The van der Waals surface area contributed by atoms with Crippen LogP contribution in [0.15, 0.2) is 0 Å². The first-order chi connectivity index (χ1) is 13.9. The van der Waals surface area contributed by atoms with Gasteiger partial charge in [0.2, 0.25) is 0 Å². The molecule has 0 aliphatic carbocycles. The van der Waals surface area contributed by atoms with Gasteiger partial charge in [-0.15, -0.1) is 0 Å². The Labute approximate surface area is 189 Å². The van der Waals surface area contributed by atoms with Gasteiger partial charge in [0.1, 0.15) is 0 Å². The van der Waals surface area contributed by atoms with Crippen LogP contribution in [0.25, 0.3) is 0 Å². The molecule has 0 aromatic rings. The molecule has 0 saturated carbocycles. The molecular weight excluding hydrogens is 420 g/mol. The molecule has 7 nitrogen and oxygen atoms in total. The van der Waals surface area contributed by atoms with Crippen molar-refractivity contribution in [2.45, 2.75) is 87.5 Å². The maximum Gasteiger partial charge on any atom is 0.310 e. The number of esters is 2. The summed E-state index contributed by atoms with van der Waals surface area (Å²) in [4.78, 5) is 24.5. The minimum Gasteiger partial charge on any atom is -0.466 e. The summed E-state index contributed by atoms with van der Waals surface area (Å²) in [6.07, 6.45) is 2.82. The van der Waals surface area contributed by atoms with Crippen molar-refractivity contribution in [2.24, 2.45) is 28.6 Å². The lowest BCUT2D eigenvalue weighted by atomic mass is 9.84. The lowest BCUT2D eigenvalue weighted by molar-refractivity contribution is -0.154. The summed E-state index contributed by atoms with van der Waals surface area (Å²) in [5, 5.41) is 0. The molecule has 0 amide bonds. The van der Waals surface area contributed by atoms with Gasteiger partial charge in [-0.3, -0.25) is 14.1 Å². The van der Waals surface area contributed by atoms with E-state index in [1.165, 1.54) is 0 Å². The fourth-order valence-electron chi connectivity index (χ4n) is 3.87. The molecule has 0 aromatic carbocycles. The van der Waals surface area contributed by atoms with E-state index in [4.69, 9.17) is 14.0 Å². The largest absolute Gasteiger partial charge is 0.466 e. The SMILES string of the molecule is CC(CCOC(=O)CC(CS(=O)(=O)O)C(=O)OCCC(C)CC(C)(C)C)CC(C)(C)C. The molecule has 3 unspecified atom stereocenters. The lowest BCUT2D eigenvalue weighted by Crippen LogP contribution is -2.29. The van der Waals surface area contributed by atoms with E-state index in [0.29, 0.717) is 24.7 Å². The highest BCUT2D eigenvalue weighted by Gasteiger charge is 2.29. The summed E-state index contributed by atoms with van der Waals surface area (Å²) in [5.41, 5.74) is 0.337. The van der Waals surface area contributed by atoms with Crippen LogP contribution in [0, 0.1) is 28.6 Å². The normalized spacial score (nSPS) is 15.8. The second-order valence-electron chi connectivity index (χ2n) is 11.4. The van der Waals surface area contributed by atoms with Gasteiger partial charge in [0.25, 0.3) is 10.1 Å². The molecule has 0 aliphatic rings. The third kappa shape index (κ3) is 18.2. The standard InChI is InChI=1S/C23H44O7S/c1-17(14-22(3,4)5)9-11-29-20(24)13-19(16-31(26,27)28)21(25)30-12-10-18(2)15-23(6,7)8/h17-19H,9-16H2,1-8H3,(H,26,27,28). The highest BCUT2D eigenvalue weighted by molar-refractivity contribution is 7.85. The van der Waals surface area contributed by atoms with Gasteiger partial charge in [-0.05, 0) is 48.3 Å². The zero-order valence-electron chi connectivity index (χ0n) is 20.7. The quantitative estimate of drug-likeness (QED) is 0.305. The Morgan fingerprint density at radius 1 is 0.839 bits per heavy atom. The predicted octanol–water partition coefficient (Wildman–Crippen LogP) is 4.89. The number of carbonyl (C=O) groups excluding carboxylic acids is 2. The van der Waals surface area contributed by atoms with Gasteiger partial charge in [-0.1, -0.05) is 55.4 Å². The molecule has 0 heterocycles. The first-order valence-corrected chi connectivity index (χ1v) is 12.8. The molecule has 0 spiro atoms. The highest BCUT2D eigenvalue weighted by atomic mass is 32.2. The first kappa shape index (κ1) is 29.9. The molecule has 8 heteroatoms. The van der Waals surface area contributed by atoms with E-state index in [1.807, 2.05) is 0 Å². The predicted molar refractivity (Wildman–Crippen MR) is 122 cm³/mol. The van der Waals surface area contributed by atoms with Crippen LogP contribution < -0.4 is 0 Å². The molecule has 0 bridgehead atoms. The van der Waals surface area contributed by atoms with Gasteiger partial charge in [0, 0.05) is 0 Å².